The van der Waals surface area contributed by atoms with Gasteiger partial charge in [-0.25, -0.2) is 28.1 Å². The van der Waals surface area contributed by atoms with Gasteiger partial charge in [-0.1, -0.05) is 187 Å². The lowest BCUT2D eigenvalue weighted by molar-refractivity contribution is 0.0997. The third kappa shape index (κ3) is 24.8. The Kier molecular flexibility index (Phi) is 33.7. The minimum Gasteiger partial charge on any atom is -0.503 e. The van der Waals surface area contributed by atoms with Gasteiger partial charge in [-0.2, -0.15) is 30.6 Å². The predicted octanol–water partition coefficient (Wildman–Crippen LogP) is 15.7. The summed E-state index contributed by atoms with van der Waals surface area (Å²) in [4.78, 5) is 140. The van der Waals surface area contributed by atoms with Gasteiger partial charge >= 0.3 is 0 Å². The number of aliphatic hydroxyl groups excluding tert-OH is 1. The maximum absolute atomic E-state index is 12.0. The number of hydrogen-bond acceptors (Lipinski definition) is 27. The Balaban J connectivity index is 0.000000162. The van der Waals surface area contributed by atoms with Crippen LogP contribution in [0.3, 0.4) is 0 Å². The van der Waals surface area contributed by atoms with Crippen LogP contribution in [0, 0.1) is 41.5 Å². The van der Waals surface area contributed by atoms with Crippen LogP contribution in [0.1, 0.15) is 157 Å². The molecule has 0 amide bonds. The van der Waals surface area contributed by atoms with E-state index in [2.05, 4.69) is 54.9 Å². The van der Waals surface area contributed by atoms with Crippen molar-refractivity contribution in [2.24, 2.45) is 0 Å². The van der Waals surface area contributed by atoms with Crippen LogP contribution in [-0.2, 0) is 6.42 Å². The first-order valence-corrected chi connectivity index (χ1v) is 43.8. The molecule has 0 spiro atoms. The van der Waals surface area contributed by atoms with Crippen LogP contribution in [0.15, 0.2) is 290 Å². The minimum absolute atomic E-state index is 0.00260. The summed E-state index contributed by atoms with van der Waals surface area (Å²) in [5, 5.41) is 92.4. The van der Waals surface area contributed by atoms with Gasteiger partial charge in [0.05, 0.1) is 84.5 Å². The second-order valence-corrected chi connectivity index (χ2v) is 32.6. The molecule has 0 aliphatic rings. The van der Waals surface area contributed by atoms with E-state index < -0.39 is 102 Å². The van der Waals surface area contributed by atoms with E-state index in [1.807, 2.05) is 207 Å². The molecule has 0 radical (unpaired) electrons. The van der Waals surface area contributed by atoms with E-state index in [9.17, 15) is 88.2 Å². The Labute approximate surface area is 807 Å². The van der Waals surface area contributed by atoms with Gasteiger partial charge < -0.3 is 45.2 Å². The van der Waals surface area contributed by atoms with E-state index in [1.165, 1.54) is 102 Å². The normalized spacial score (nSPS) is 10.6. The first kappa shape index (κ1) is 103. The smallest absolute Gasteiger partial charge is 0.252 e. The van der Waals surface area contributed by atoms with Crippen molar-refractivity contribution in [1.82, 2.24) is 58.7 Å². The summed E-state index contributed by atoms with van der Waals surface area (Å²) in [6.07, 6.45) is 7.62. The number of rotatable bonds is 21. The number of carbonyl (C=O) groups is 6. The number of benzene rings is 10. The van der Waals surface area contributed by atoms with Gasteiger partial charge in [-0.3, -0.25) is 57.5 Å². The average Bonchev–Trinajstić information content (AvgIpc) is 0.792. The molecule has 6 aromatic heterocycles. The lowest BCUT2D eigenvalue weighted by Gasteiger charge is -2.17. The van der Waals surface area contributed by atoms with Crippen LogP contribution in [0.5, 0.6) is 46.0 Å². The Morgan fingerprint density at radius 3 is 1.02 bits per heavy atom. The standard InChI is InChI=1S/C21H20N2O4.3C20H18N2O3.C14H14N2O4.C13H12N2O4/c1-13(2)27-19-11-7-5-9-16(19)15-8-4-6-10-17(15)23-12-18(25)21(26)20(22-23)14(3)24;1-12-7-6-9-15(13(12)2)16-8-4-5-10-17(16)22-11-18(24)20(25)19(21-22)14(3)23;1-12-8-13(2)10-15(9-12)16-6-4-5-7-17(16)22-11-18(24)20(25)19(21-22)14(3)23;1-12-8-9-13(2)16(10-12)15-6-4-5-7-17(15)22-11-18(24)20(25)19(21-22)14(3)23;1-9(18)13-14(20)12(19)8-16(15-13)11-5-3-2-4-10(11)6-7-17;1-8(16)12-13(18)11(17)7-15(14-12)9-4-3-5-10(6-9)19-2/h4-13,25H,1-3H3;3*4-11,24H,1-3H3;2-5,8,17,19H,6-7H2,1H3;3-7,17H,1-2H3. The zero-order chi connectivity index (χ0) is 103. The number of nitrogens with zero attached hydrogens (tertiary/aromatic N) is 12. The number of hydrogen-bond donors (Lipinski definition) is 7. The maximum Gasteiger partial charge on any atom is 0.252 e. The Bertz CT molecular complexity index is 7780. The van der Waals surface area contributed by atoms with Gasteiger partial charge in [0.15, 0.2) is 103 Å². The first-order valence-electron chi connectivity index (χ1n) is 43.8. The lowest BCUT2D eigenvalue weighted by atomic mass is 9.96. The summed E-state index contributed by atoms with van der Waals surface area (Å²) in [6, 6.07) is 69.9. The van der Waals surface area contributed by atoms with Crippen molar-refractivity contribution in [2.75, 3.05) is 13.7 Å². The molecular weight excluding hydrogens is 1800 g/mol. The van der Waals surface area contributed by atoms with Crippen molar-refractivity contribution in [3.05, 3.63) is 396 Å². The van der Waals surface area contributed by atoms with Gasteiger partial charge in [0.1, 0.15) is 11.5 Å². The van der Waals surface area contributed by atoms with Crippen LogP contribution in [0.4, 0.5) is 0 Å². The van der Waals surface area contributed by atoms with E-state index >= 15 is 0 Å². The zero-order valence-corrected chi connectivity index (χ0v) is 79.5. The highest BCUT2D eigenvalue weighted by molar-refractivity contribution is 5.95. The largest absolute Gasteiger partial charge is 0.503 e. The van der Waals surface area contributed by atoms with Gasteiger partial charge in [0.2, 0.25) is 0 Å². The Hall–Kier alpha value is -18.1. The topological polar surface area (TPSA) is 472 Å². The number of aliphatic hydroxyl groups is 1. The molecule has 0 saturated heterocycles. The van der Waals surface area contributed by atoms with Crippen LogP contribution >= 0.6 is 0 Å². The second-order valence-electron chi connectivity index (χ2n) is 32.6. The number of ether oxygens (including phenoxy) is 2. The number of ketones is 6. The quantitative estimate of drug-likeness (QED) is 0.0329. The number of aromatic nitrogens is 12. The van der Waals surface area contributed by atoms with Gasteiger partial charge in [-0.05, 0) is 149 Å². The fourth-order valence-corrected chi connectivity index (χ4v) is 14.7. The third-order valence-corrected chi connectivity index (χ3v) is 21.6. The molecule has 0 atom stereocenters. The molecule has 0 bridgehead atoms. The maximum atomic E-state index is 12.0. The summed E-state index contributed by atoms with van der Waals surface area (Å²) < 4.78 is 19.0. The van der Waals surface area contributed by atoms with Crippen LogP contribution in [0.25, 0.3) is 78.6 Å². The van der Waals surface area contributed by atoms with Crippen molar-refractivity contribution in [3.63, 3.8) is 0 Å². The highest BCUT2D eigenvalue weighted by Crippen LogP contribution is 2.37. The monoisotopic (exact) mass is 1900 g/mol. The molecule has 0 aliphatic heterocycles. The van der Waals surface area contributed by atoms with E-state index in [0.717, 1.165) is 95.8 Å². The Morgan fingerprint density at radius 2 is 0.631 bits per heavy atom. The highest BCUT2D eigenvalue weighted by Gasteiger charge is 2.25. The number of carbonyl (C=O) groups excluding carboxylic acids is 6. The van der Waals surface area contributed by atoms with E-state index in [-0.39, 0.29) is 46.9 Å². The zero-order valence-electron chi connectivity index (χ0n) is 79.5. The molecule has 141 heavy (non-hydrogen) atoms. The molecule has 0 aliphatic carbocycles. The third-order valence-electron chi connectivity index (χ3n) is 21.6. The molecule has 16 rings (SSSR count). The van der Waals surface area contributed by atoms with Crippen molar-refractivity contribution >= 4 is 34.7 Å². The summed E-state index contributed by atoms with van der Waals surface area (Å²) in [5.41, 5.74) is 12.3. The van der Waals surface area contributed by atoms with Crippen LogP contribution in [-0.4, -0.2) is 149 Å². The van der Waals surface area contributed by atoms with E-state index in [0.29, 0.717) is 52.0 Å². The summed E-state index contributed by atoms with van der Waals surface area (Å²) in [6.45, 7) is 23.5. The second kappa shape index (κ2) is 45.9. The highest BCUT2D eigenvalue weighted by atomic mass is 16.5. The molecule has 33 nitrogen and oxygen atoms in total. The van der Waals surface area contributed by atoms with Crippen molar-refractivity contribution in [1.29, 1.82) is 0 Å². The van der Waals surface area contributed by atoms with Crippen molar-refractivity contribution in [3.8, 4) is 125 Å². The molecule has 16 aromatic rings. The fraction of sp³-hybridized carbons (Fsp3) is 0.167. The fourth-order valence-electron chi connectivity index (χ4n) is 14.7. The molecule has 7 N–H and O–H groups in total. The Morgan fingerprint density at radius 1 is 0.312 bits per heavy atom. The molecule has 0 saturated carbocycles. The minimum atomic E-state index is -0.784. The molecule has 718 valence electrons. The molecule has 0 unspecified atom stereocenters. The van der Waals surface area contributed by atoms with Crippen molar-refractivity contribution in [2.45, 2.75) is 109 Å². The van der Waals surface area contributed by atoms with Crippen molar-refractivity contribution < 1.29 is 74.0 Å². The molecule has 0 fully saturated rings. The molecule has 33 heteroatoms. The number of aryl methyl sites for hydroxylation is 5. The predicted molar refractivity (Wildman–Crippen MR) is 532 cm³/mol. The summed E-state index contributed by atoms with van der Waals surface area (Å²) in [5.74, 6) is -4.79. The molecular formula is C108H100N12O21. The number of para-hydroxylation sites is 6. The van der Waals surface area contributed by atoms with Gasteiger partial charge in [-0.15, -0.1) is 0 Å². The number of Topliss-reactive ketones (excluding diaryl/α,β-unsaturated/α-hetero) is 6. The van der Waals surface area contributed by atoms with Gasteiger partial charge in [0.25, 0.3) is 32.6 Å². The van der Waals surface area contributed by atoms with E-state index in [4.69, 9.17) is 14.6 Å². The number of methoxy groups -OCH3 is 1. The SMILES string of the molecule is CC(=O)c1nn(-c2ccccc2-c2cc(C)cc(C)c2)cc(O)c1=O.CC(=O)c1nn(-c2ccccc2-c2cc(C)ccc2C)cc(O)c1=O.CC(=O)c1nn(-c2ccccc2-c2cccc(C)c2C)cc(O)c1=O.CC(=O)c1nn(-c2ccccc2-c2ccccc2OC(C)C)cc(O)c1=O.CC(=O)c1nn(-c2ccccc2CCO)cc(O)c1=O.COc1cccc(-n2cc(O)c(=O)c(C(C)=O)n2)c1. The number of aromatic hydroxyl groups is 6. The van der Waals surface area contributed by atoms with Crippen LogP contribution in [0.2, 0.25) is 0 Å². The molecule has 6 heterocycles. The first-order chi connectivity index (χ1) is 67.1. The van der Waals surface area contributed by atoms with E-state index in [1.54, 1.807) is 48.5 Å². The van der Waals surface area contributed by atoms with Crippen LogP contribution < -0.4 is 42.0 Å². The summed E-state index contributed by atoms with van der Waals surface area (Å²) >= 11 is 0. The lowest BCUT2D eigenvalue weighted by Crippen LogP contribution is -2.20. The van der Waals surface area contributed by atoms with Gasteiger partial charge in [0, 0.05) is 82.0 Å². The summed E-state index contributed by atoms with van der Waals surface area (Å²) in [7, 11) is 1.52. The molecule has 10 aromatic carbocycles. The average molecular weight is 1900 g/mol.